The Balaban J connectivity index is 1.35. The number of anilines is 1. The molecule has 0 saturated carbocycles. The predicted molar refractivity (Wildman–Crippen MR) is 113 cm³/mol. The van der Waals surface area contributed by atoms with Crippen LogP contribution in [0.1, 0.15) is 23.1 Å². The van der Waals surface area contributed by atoms with Crippen LogP contribution in [0, 0.1) is 0 Å². The van der Waals surface area contributed by atoms with Crippen molar-refractivity contribution < 1.29 is 14.3 Å². The molecule has 0 radical (unpaired) electrons. The highest BCUT2D eigenvalue weighted by atomic mass is 32.2. The van der Waals surface area contributed by atoms with Gasteiger partial charge in [-0.3, -0.25) is 9.59 Å². The van der Waals surface area contributed by atoms with Crippen molar-refractivity contribution in [3.63, 3.8) is 0 Å². The molecule has 0 spiro atoms. The number of ether oxygens (including phenoxy) is 1. The van der Waals surface area contributed by atoms with Crippen molar-refractivity contribution in [2.75, 3.05) is 31.4 Å². The van der Waals surface area contributed by atoms with Gasteiger partial charge in [-0.15, -0.1) is 11.8 Å². The summed E-state index contributed by atoms with van der Waals surface area (Å²) in [5.74, 6) is -0.471. The van der Waals surface area contributed by atoms with Gasteiger partial charge < -0.3 is 15.0 Å². The Morgan fingerprint density at radius 2 is 1.82 bits per heavy atom. The summed E-state index contributed by atoms with van der Waals surface area (Å²) < 4.78 is 5.08. The number of rotatable bonds is 8. The minimum Gasteiger partial charge on any atom is -0.455 e. The SMILES string of the molecule is CN(C)c1ccc(CNC(=O)COC(=O)CSc2ccc3c(c2)CCC3)cc1. The standard InChI is InChI=1S/C22H26N2O3S/c1-24(2)19-9-6-16(7-10-19)13-23-21(25)14-27-22(26)15-28-20-11-8-17-4-3-5-18(17)12-20/h6-12H,3-5,13-15H2,1-2H3,(H,23,25). The first kappa shape index (κ1) is 20.3. The Hall–Kier alpha value is -2.47. The van der Waals surface area contributed by atoms with Gasteiger partial charge in [-0.2, -0.15) is 0 Å². The average Bonchev–Trinajstić information content (AvgIpc) is 3.17. The van der Waals surface area contributed by atoms with Crippen LogP contribution in [0.4, 0.5) is 5.69 Å². The molecule has 0 saturated heterocycles. The second-order valence-corrected chi connectivity index (χ2v) is 8.12. The highest BCUT2D eigenvalue weighted by molar-refractivity contribution is 8.00. The molecule has 0 heterocycles. The van der Waals surface area contributed by atoms with E-state index in [1.165, 1.54) is 29.3 Å². The lowest BCUT2D eigenvalue weighted by atomic mass is 10.1. The van der Waals surface area contributed by atoms with E-state index in [1.54, 1.807) is 0 Å². The highest BCUT2D eigenvalue weighted by Gasteiger charge is 2.12. The molecule has 1 aliphatic rings. The number of nitrogens with zero attached hydrogens (tertiary/aromatic N) is 1. The third kappa shape index (κ3) is 5.76. The number of carbonyl (C=O) groups excluding carboxylic acids is 2. The fourth-order valence-corrected chi connectivity index (χ4v) is 3.89. The van der Waals surface area contributed by atoms with Gasteiger partial charge in [0, 0.05) is 31.2 Å². The summed E-state index contributed by atoms with van der Waals surface area (Å²) in [5.41, 5.74) is 4.90. The summed E-state index contributed by atoms with van der Waals surface area (Å²) in [6.07, 6.45) is 3.48. The van der Waals surface area contributed by atoms with Crippen molar-refractivity contribution in [1.29, 1.82) is 0 Å². The van der Waals surface area contributed by atoms with E-state index in [4.69, 9.17) is 4.74 Å². The molecule has 0 aromatic heterocycles. The van der Waals surface area contributed by atoms with Gasteiger partial charge in [0.1, 0.15) is 0 Å². The molecule has 1 N–H and O–H groups in total. The van der Waals surface area contributed by atoms with Crippen LogP contribution in [-0.2, 0) is 33.7 Å². The van der Waals surface area contributed by atoms with Crippen LogP contribution in [-0.4, -0.2) is 38.3 Å². The molecule has 6 heteroatoms. The number of fused-ring (bicyclic) bond motifs is 1. The maximum Gasteiger partial charge on any atom is 0.316 e. The number of thioether (sulfide) groups is 1. The van der Waals surface area contributed by atoms with E-state index in [2.05, 4.69) is 23.5 Å². The van der Waals surface area contributed by atoms with Crippen molar-refractivity contribution in [1.82, 2.24) is 5.32 Å². The molecule has 0 bridgehead atoms. The van der Waals surface area contributed by atoms with Gasteiger partial charge in [-0.25, -0.2) is 0 Å². The van der Waals surface area contributed by atoms with Crippen LogP contribution in [0.25, 0.3) is 0 Å². The number of hydrogen-bond donors (Lipinski definition) is 1. The molecule has 0 unspecified atom stereocenters. The second kappa shape index (κ2) is 9.64. The molecular weight excluding hydrogens is 372 g/mol. The maximum atomic E-state index is 11.9. The van der Waals surface area contributed by atoms with Crippen molar-refractivity contribution in [3.05, 3.63) is 59.2 Å². The molecule has 1 aliphatic carbocycles. The zero-order chi connectivity index (χ0) is 19.9. The summed E-state index contributed by atoms with van der Waals surface area (Å²) in [6, 6.07) is 14.3. The van der Waals surface area contributed by atoms with Crippen LogP contribution in [0.2, 0.25) is 0 Å². The van der Waals surface area contributed by atoms with Crippen molar-refractivity contribution in [2.24, 2.45) is 0 Å². The highest BCUT2D eigenvalue weighted by Crippen LogP contribution is 2.27. The molecule has 1 amide bonds. The number of amides is 1. The quantitative estimate of drug-likeness (QED) is 0.547. The van der Waals surface area contributed by atoms with E-state index in [-0.39, 0.29) is 24.2 Å². The van der Waals surface area contributed by atoms with E-state index in [9.17, 15) is 9.59 Å². The number of aryl methyl sites for hydroxylation is 2. The topological polar surface area (TPSA) is 58.6 Å². The Kier molecular flexibility index (Phi) is 6.98. The first-order chi connectivity index (χ1) is 13.5. The minimum absolute atomic E-state index is 0.206. The Morgan fingerprint density at radius 1 is 1.07 bits per heavy atom. The summed E-state index contributed by atoms with van der Waals surface area (Å²) in [4.78, 5) is 26.9. The second-order valence-electron chi connectivity index (χ2n) is 7.07. The van der Waals surface area contributed by atoms with Gasteiger partial charge in [0.15, 0.2) is 6.61 Å². The Labute approximate surface area is 170 Å². The van der Waals surface area contributed by atoms with Crippen LogP contribution in [0.3, 0.4) is 0 Å². The van der Waals surface area contributed by atoms with Gasteiger partial charge >= 0.3 is 5.97 Å². The molecule has 2 aromatic rings. The van der Waals surface area contributed by atoms with Gasteiger partial charge in [0.2, 0.25) is 0 Å². The Morgan fingerprint density at radius 3 is 2.57 bits per heavy atom. The van der Waals surface area contributed by atoms with Crippen molar-refractivity contribution in [3.8, 4) is 0 Å². The van der Waals surface area contributed by atoms with Crippen molar-refractivity contribution >= 4 is 29.3 Å². The van der Waals surface area contributed by atoms with Crippen molar-refractivity contribution in [2.45, 2.75) is 30.7 Å². The monoisotopic (exact) mass is 398 g/mol. The van der Waals surface area contributed by atoms with Crippen LogP contribution < -0.4 is 10.2 Å². The molecular formula is C22H26N2O3S. The fraction of sp³-hybridized carbons (Fsp3) is 0.364. The lowest BCUT2D eigenvalue weighted by Crippen LogP contribution is -2.28. The van der Waals surface area contributed by atoms with Crippen LogP contribution in [0.15, 0.2) is 47.4 Å². The fourth-order valence-electron chi connectivity index (χ4n) is 3.13. The third-order valence-corrected chi connectivity index (χ3v) is 5.70. The summed E-state index contributed by atoms with van der Waals surface area (Å²) in [5, 5.41) is 2.77. The van der Waals surface area contributed by atoms with Gasteiger partial charge in [-0.05, 0) is 60.2 Å². The molecule has 0 atom stereocenters. The van der Waals surface area contributed by atoms with Crippen LogP contribution in [0.5, 0.6) is 0 Å². The lowest BCUT2D eigenvalue weighted by Gasteiger charge is -2.13. The summed E-state index contributed by atoms with van der Waals surface area (Å²) in [7, 11) is 3.96. The number of esters is 1. The molecule has 0 aliphatic heterocycles. The number of nitrogens with one attached hydrogen (secondary N) is 1. The molecule has 3 rings (SSSR count). The molecule has 148 valence electrons. The number of benzene rings is 2. The first-order valence-corrected chi connectivity index (χ1v) is 10.4. The van der Waals surface area contributed by atoms with E-state index < -0.39 is 0 Å². The van der Waals surface area contributed by atoms with Gasteiger partial charge in [0.25, 0.3) is 5.91 Å². The smallest absolute Gasteiger partial charge is 0.316 e. The normalized spacial score (nSPS) is 12.4. The van der Waals surface area contributed by atoms with E-state index in [0.717, 1.165) is 29.0 Å². The van der Waals surface area contributed by atoms with E-state index in [1.807, 2.05) is 43.3 Å². The summed E-state index contributed by atoms with van der Waals surface area (Å²) in [6.45, 7) is 0.160. The minimum atomic E-state index is -0.379. The van der Waals surface area contributed by atoms with E-state index in [0.29, 0.717) is 6.54 Å². The molecule has 2 aromatic carbocycles. The molecule has 28 heavy (non-hydrogen) atoms. The first-order valence-electron chi connectivity index (χ1n) is 9.44. The van der Waals surface area contributed by atoms with Crippen LogP contribution >= 0.6 is 11.8 Å². The zero-order valence-corrected chi connectivity index (χ0v) is 17.2. The molecule has 5 nitrogen and oxygen atoms in total. The zero-order valence-electron chi connectivity index (χ0n) is 16.4. The maximum absolute atomic E-state index is 11.9. The number of hydrogen-bond acceptors (Lipinski definition) is 5. The largest absolute Gasteiger partial charge is 0.455 e. The number of carbonyl (C=O) groups is 2. The summed E-state index contributed by atoms with van der Waals surface area (Å²) >= 11 is 1.45. The Bertz CT molecular complexity index is 834. The van der Waals surface area contributed by atoms with E-state index >= 15 is 0 Å². The van der Waals surface area contributed by atoms with Gasteiger partial charge in [0.05, 0.1) is 5.75 Å². The molecule has 0 fully saturated rings. The van der Waals surface area contributed by atoms with Gasteiger partial charge in [-0.1, -0.05) is 18.2 Å². The average molecular weight is 399 g/mol. The third-order valence-electron chi connectivity index (χ3n) is 4.73. The lowest BCUT2D eigenvalue weighted by molar-refractivity contribution is -0.145. The predicted octanol–water partition coefficient (Wildman–Crippen LogP) is 3.19.